The Labute approximate surface area is 170 Å². The highest BCUT2D eigenvalue weighted by molar-refractivity contribution is 6.03. The van der Waals surface area contributed by atoms with Crippen molar-refractivity contribution in [2.24, 2.45) is 0 Å². The molecule has 4 rings (SSSR count). The number of methoxy groups -OCH3 is 1. The van der Waals surface area contributed by atoms with Gasteiger partial charge in [-0.25, -0.2) is 0 Å². The van der Waals surface area contributed by atoms with E-state index in [2.05, 4.69) is 32.5 Å². The number of benzene rings is 2. The topological polar surface area (TPSA) is 70.2 Å². The summed E-state index contributed by atoms with van der Waals surface area (Å²) in [5.41, 5.74) is 4.11. The van der Waals surface area contributed by atoms with Crippen LogP contribution < -0.4 is 10.1 Å². The first-order valence-corrected chi connectivity index (χ1v) is 10.0. The molecular weight excluding hydrogens is 364 g/mol. The average molecular weight is 390 g/mol. The number of hydrogen-bond acceptors (Lipinski definition) is 4. The third-order valence-corrected chi connectivity index (χ3v) is 5.27. The van der Waals surface area contributed by atoms with Crippen LogP contribution in [0, 0.1) is 0 Å². The predicted octanol–water partition coefficient (Wildman–Crippen LogP) is 4.32. The van der Waals surface area contributed by atoms with Crippen LogP contribution in [-0.4, -0.2) is 41.2 Å². The number of aromatic nitrogens is 2. The van der Waals surface area contributed by atoms with Crippen LogP contribution in [0.3, 0.4) is 0 Å². The standard InChI is InChI=1S/C23H26N4O2/c1-29-20-11-7-18(8-12-20)21-15-22(26-25-21)23(28)24-19-9-5-17(6-10-19)16-27-13-3-2-4-14-27/h5-12,15H,2-4,13-14,16H2,1H3,(H,24,28)(H,25,26). The van der Waals surface area contributed by atoms with Crippen molar-refractivity contribution in [1.82, 2.24) is 15.1 Å². The first kappa shape index (κ1) is 19.2. The van der Waals surface area contributed by atoms with Gasteiger partial charge in [0.15, 0.2) is 0 Å². The van der Waals surface area contributed by atoms with Crippen LogP contribution in [0.5, 0.6) is 5.75 Å². The van der Waals surface area contributed by atoms with E-state index in [1.165, 1.54) is 37.9 Å². The molecule has 2 N–H and O–H groups in total. The molecule has 1 aliphatic rings. The summed E-state index contributed by atoms with van der Waals surface area (Å²) in [7, 11) is 1.63. The Balaban J connectivity index is 1.37. The number of ether oxygens (including phenoxy) is 1. The number of anilines is 1. The Morgan fingerprint density at radius 3 is 2.48 bits per heavy atom. The summed E-state index contributed by atoms with van der Waals surface area (Å²) >= 11 is 0. The molecule has 29 heavy (non-hydrogen) atoms. The number of nitrogens with one attached hydrogen (secondary N) is 2. The zero-order chi connectivity index (χ0) is 20.1. The van der Waals surface area contributed by atoms with E-state index in [-0.39, 0.29) is 5.91 Å². The second kappa shape index (κ2) is 8.92. The van der Waals surface area contributed by atoms with Crippen LogP contribution in [0.15, 0.2) is 54.6 Å². The van der Waals surface area contributed by atoms with E-state index in [1.54, 1.807) is 13.2 Å². The van der Waals surface area contributed by atoms with Gasteiger partial charge in [0.2, 0.25) is 0 Å². The van der Waals surface area contributed by atoms with Crippen LogP contribution in [0.2, 0.25) is 0 Å². The molecule has 1 amide bonds. The number of hydrogen-bond donors (Lipinski definition) is 2. The molecule has 0 bridgehead atoms. The van der Waals surface area contributed by atoms with Gasteiger partial charge < -0.3 is 10.1 Å². The second-order valence-corrected chi connectivity index (χ2v) is 7.38. The highest BCUT2D eigenvalue weighted by Crippen LogP contribution is 2.22. The van der Waals surface area contributed by atoms with Gasteiger partial charge in [-0.15, -0.1) is 0 Å². The van der Waals surface area contributed by atoms with Crippen molar-refractivity contribution in [3.63, 3.8) is 0 Å². The number of likely N-dealkylation sites (tertiary alicyclic amines) is 1. The van der Waals surface area contributed by atoms with Crippen LogP contribution in [0.4, 0.5) is 5.69 Å². The number of rotatable bonds is 6. The molecule has 6 nitrogen and oxygen atoms in total. The molecule has 3 aromatic rings. The van der Waals surface area contributed by atoms with Gasteiger partial charge in [-0.2, -0.15) is 5.10 Å². The molecule has 6 heteroatoms. The minimum absolute atomic E-state index is 0.207. The van der Waals surface area contributed by atoms with Crippen LogP contribution in [0.1, 0.15) is 35.3 Å². The zero-order valence-electron chi connectivity index (χ0n) is 16.6. The Kier molecular flexibility index (Phi) is 5.91. The highest BCUT2D eigenvalue weighted by atomic mass is 16.5. The van der Waals surface area contributed by atoms with Crippen molar-refractivity contribution in [2.75, 3.05) is 25.5 Å². The lowest BCUT2D eigenvalue weighted by Crippen LogP contribution is -2.29. The van der Waals surface area contributed by atoms with Crippen LogP contribution in [0.25, 0.3) is 11.3 Å². The molecule has 0 saturated carbocycles. The molecule has 1 fully saturated rings. The Morgan fingerprint density at radius 1 is 1.07 bits per heavy atom. The normalized spacial score (nSPS) is 14.5. The Morgan fingerprint density at radius 2 is 1.79 bits per heavy atom. The monoisotopic (exact) mass is 390 g/mol. The summed E-state index contributed by atoms with van der Waals surface area (Å²) in [5.74, 6) is 0.576. The minimum Gasteiger partial charge on any atom is -0.497 e. The molecule has 0 unspecified atom stereocenters. The lowest BCUT2D eigenvalue weighted by molar-refractivity contribution is 0.102. The molecule has 1 aliphatic heterocycles. The summed E-state index contributed by atoms with van der Waals surface area (Å²) in [6.45, 7) is 3.32. The second-order valence-electron chi connectivity index (χ2n) is 7.38. The van der Waals surface area contributed by atoms with Crippen LogP contribution >= 0.6 is 0 Å². The Hall–Kier alpha value is -3.12. The van der Waals surface area contributed by atoms with E-state index in [0.29, 0.717) is 5.69 Å². The molecule has 0 atom stereocenters. The SMILES string of the molecule is COc1ccc(-c2cc(C(=O)Nc3ccc(CN4CCCCC4)cc3)[nH]n2)cc1. The van der Waals surface area contributed by atoms with Gasteiger partial charge in [0, 0.05) is 17.8 Å². The van der Waals surface area contributed by atoms with E-state index in [4.69, 9.17) is 4.74 Å². The molecule has 150 valence electrons. The fourth-order valence-corrected chi connectivity index (χ4v) is 3.62. The number of carbonyl (C=O) groups is 1. The third kappa shape index (κ3) is 4.84. The first-order valence-electron chi connectivity index (χ1n) is 10.0. The molecule has 1 saturated heterocycles. The van der Waals surface area contributed by atoms with Gasteiger partial charge in [0.05, 0.1) is 12.8 Å². The minimum atomic E-state index is -0.207. The highest BCUT2D eigenvalue weighted by Gasteiger charge is 2.13. The van der Waals surface area contributed by atoms with Crippen molar-refractivity contribution >= 4 is 11.6 Å². The fraction of sp³-hybridized carbons (Fsp3) is 0.304. The van der Waals surface area contributed by atoms with Crippen molar-refractivity contribution in [3.05, 3.63) is 65.9 Å². The molecular formula is C23H26N4O2. The smallest absolute Gasteiger partial charge is 0.273 e. The molecule has 2 aromatic carbocycles. The fourth-order valence-electron chi connectivity index (χ4n) is 3.62. The maximum Gasteiger partial charge on any atom is 0.273 e. The van der Waals surface area contributed by atoms with Crippen molar-refractivity contribution < 1.29 is 9.53 Å². The van der Waals surface area contributed by atoms with Gasteiger partial charge in [-0.1, -0.05) is 18.6 Å². The molecule has 2 heterocycles. The number of carbonyl (C=O) groups excluding carboxylic acids is 1. The number of amides is 1. The molecule has 0 radical (unpaired) electrons. The Bertz CT molecular complexity index is 942. The van der Waals surface area contributed by atoms with Gasteiger partial charge >= 0.3 is 0 Å². The summed E-state index contributed by atoms with van der Waals surface area (Å²) in [5, 5.41) is 10.00. The van der Waals surface area contributed by atoms with E-state index < -0.39 is 0 Å². The largest absolute Gasteiger partial charge is 0.497 e. The van der Waals surface area contributed by atoms with Gasteiger partial charge in [0.25, 0.3) is 5.91 Å². The van der Waals surface area contributed by atoms with Gasteiger partial charge in [-0.3, -0.25) is 14.8 Å². The summed E-state index contributed by atoms with van der Waals surface area (Å²) < 4.78 is 5.17. The summed E-state index contributed by atoms with van der Waals surface area (Å²) in [6, 6.07) is 17.4. The van der Waals surface area contributed by atoms with Gasteiger partial charge in [0.1, 0.15) is 11.4 Å². The van der Waals surface area contributed by atoms with E-state index in [1.807, 2.05) is 36.4 Å². The predicted molar refractivity (Wildman–Crippen MR) is 114 cm³/mol. The third-order valence-electron chi connectivity index (χ3n) is 5.27. The van der Waals surface area contributed by atoms with E-state index in [9.17, 15) is 4.79 Å². The lowest BCUT2D eigenvalue weighted by Gasteiger charge is -2.26. The number of H-pyrrole nitrogens is 1. The lowest BCUT2D eigenvalue weighted by atomic mass is 10.1. The van der Waals surface area contributed by atoms with E-state index in [0.717, 1.165) is 29.2 Å². The van der Waals surface area contributed by atoms with Crippen molar-refractivity contribution in [3.8, 4) is 17.0 Å². The number of nitrogens with zero attached hydrogens (tertiary/aromatic N) is 2. The first-order chi connectivity index (χ1) is 14.2. The van der Waals surface area contributed by atoms with Crippen molar-refractivity contribution in [1.29, 1.82) is 0 Å². The summed E-state index contributed by atoms with van der Waals surface area (Å²) in [6.07, 6.45) is 3.92. The average Bonchev–Trinajstić information content (AvgIpc) is 3.26. The van der Waals surface area contributed by atoms with Crippen LogP contribution in [-0.2, 0) is 6.54 Å². The van der Waals surface area contributed by atoms with E-state index >= 15 is 0 Å². The quantitative estimate of drug-likeness (QED) is 0.657. The molecule has 1 aromatic heterocycles. The number of aromatic amines is 1. The number of piperidine rings is 1. The molecule has 0 aliphatic carbocycles. The maximum absolute atomic E-state index is 12.6. The molecule has 0 spiro atoms. The zero-order valence-corrected chi connectivity index (χ0v) is 16.6. The summed E-state index contributed by atoms with van der Waals surface area (Å²) in [4.78, 5) is 15.0. The van der Waals surface area contributed by atoms with Crippen molar-refractivity contribution in [2.45, 2.75) is 25.8 Å². The maximum atomic E-state index is 12.6. The van der Waals surface area contributed by atoms with Gasteiger partial charge in [-0.05, 0) is 74.0 Å².